The molecule has 0 spiro atoms. The molecule has 0 aliphatic carbocycles. The summed E-state index contributed by atoms with van der Waals surface area (Å²) in [5.74, 6) is 1.58. The molecule has 0 radical (unpaired) electrons. The zero-order chi connectivity index (χ0) is 14.4. The predicted molar refractivity (Wildman–Crippen MR) is 84.8 cm³/mol. The fourth-order valence-electron chi connectivity index (χ4n) is 3.23. The molecule has 0 aromatic rings. The first-order valence-corrected chi connectivity index (χ1v) is 7.92. The number of hydrogen-bond donors (Lipinski definition) is 0. The second-order valence-corrected chi connectivity index (χ2v) is 6.84. The summed E-state index contributed by atoms with van der Waals surface area (Å²) in [5.41, 5.74) is 0.884. The highest BCUT2D eigenvalue weighted by Crippen LogP contribution is 2.43. The van der Waals surface area contributed by atoms with Crippen molar-refractivity contribution < 1.29 is 0 Å². The minimum atomic E-state index is 0.380. The first-order chi connectivity index (χ1) is 8.28. The summed E-state index contributed by atoms with van der Waals surface area (Å²) in [6, 6.07) is 0. The fourth-order valence-corrected chi connectivity index (χ4v) is 3.23. The van der Waals surface area contributed by atoms with Crippen LogP contribution in [0.25, 0.3) is 0 Å². The predicted octanol–water partition coefficient (Wildman–Crippen LogP) is 6.47. The minimum Gasteiger partial charge on any atom is -0.0911 e. The molecule has 3 atom stereocenters. The highest BCUT2D eigenvalue weighted by molar-refractivity contribution is 4.97. The average molecular weight is 252 g/mol. The molecule has 0 N–H and O–H groups in total. The summed E-state index contributed by atoms with van der Waals surface area (Å²) in [6.45, 7) is 18.9. The van der Waals surface area contributed by atoms with Gasteiger partial charge in [-0.25, -0.2) is 0 Å². The van der Waals surface area contributed by atoms with Crippen molar-refractivity contribution in [3.63, 3.8) is 0 Å². The van der Waals surface area contributed by atoms with E-state index in [1.807, 2.05) is 0 Å². The van der Waals surface area contributed by atoms with Crippen LogP contribution < -0.4 is 0 Å². The van der Waals surface area contributed by atoms with E-state index in [0.717, 1.165) is 11.8 Å². The topological polar surface area (TPSA) is 0 Å². The molecule has 0 fully saturated rings. The summed E-state index contributed by atoms with van der Waals surface area (Å²) < 4.78 is 0. The smallest absolute Gasteiger partial charge is 0.0147 e. The molecule has 0 amide bonds. The van der Waals surface area contributed by atoms with Crippen LogP contribution in [0.2, 0.25) is 0 Å². The van der Waals surface area contributed by atoms with Gasteiger partial charge in [-0.05, 0) is 42.4 Å². The van der Waals surface area contributed by atoms with Crippen molar-refractivity contribution in [3.8, 4) is 0 Å². The van der Waals surface area contributed by atoms with E-state index >= 15 is 0 Å². The molecule has 0 heteroatoms. The Kier molecular flexibility index (Phi) is 7.25. The van der Waals surface area contributed by atoms with Gasteiger partial charge < -0.3 is 0 Å². The number of allylic oxidation sites excluding steroid dienone is 2. The second-order valence-electron chi connectivity index (χ2n) is 6.84. The molecule has 0 saturated carbocycles. The SMILES string of the molecule is CC=CC(C)(CC)CC(C)C(C)C(C)(CC)CC. The van der Waals surface area contributed by atoms with Gasteiger partial charge in [-0.1, -0.05) is 73.5 Å². The van der Waals surface area contributed by atoms with Crippen LogP contribution in [0.3, 0.4) is 0 Å². The van der Waals surface area contributed by atoms with Crippen LogP contribution in [0.1, 0.15) is 81.1 Å². The third-order valence-corrected chi connectivity index (χ3v) is 5.73. The maximum absolute atomic E-state index is 2.47. The van der Waals surface area contributed by atoms with E-state index in [1.165, 1.54) is 25.7 Å². The standard InChI is InChI=1S/C18H36/c1-9-13-17(7,10-2)14-15(5)16(6)18(8,11-3)12-4/h9,13,15-16H,10-12,14H2,1-8H3. The van der Waals surface area contributed by atoms with E-state index in [2.05, 4.69) is 67.5 Å². The van der Waals surface area contributed by atoms with E-state index < -0.39 is 0 Å². The molecule has 0 nitrogen and oxygen atoms in total. The van der Waals surface area contributed by atoms with Gasteiger partial charge in [0.15, 0.2) is 0 Å². The Hall–Kier alpha value is -0.260. The summed E-state index contributed by atoms with van der Waals surface area (Å²) in [5, 5.41) is 0. The van der Waals surface area contributed by atoms with Gasteiger partial charge in [0.25, 0.3) is 0 Å². The van der Waals surface area contributed by atoms with Crippen molar-refractivity contribution in [2.75, 3.05) is 0 Å². The lowest BCUT2D eigenvalue weighted by atomic mass is 9.65. The zero-order valence-corrected chi connectivity index (χ0v) is 14.1. The van der Waals surface area contributed by atoms with Crippen LogP contribution in [0.4, 0.5) is 0 Å². The maximum Gasteiger partial charge on any atom is -0.0147 e. The lowest BCUT2D eigenvalue weighted by Gasteiger charge is -2.40. The Balaban J connectivity index is 4.80. The highest BCUT2D eigenvalue weighted by atomic mass is 14.4. The first kappa shape index (κ1) is 17.7. The molecule has 0 aliphatic rings. The summed E-state index contributed by atoms with van der Waals surface area (Å²) in [4.78, 5) is 0. The number of rotatable bonds is 8. The van der Waals surface area contributed by atoms with Crippen LogP contribution in [-0.4, -0.2) is 0 Å². The highest BCUT2D eigenvalue weighted by Gasteiger charge is 2.33. The molecule has 0 bridgehead atoms. The number of hydrogen-bond acceptors (Lipinski definition) is 0. The van der Waals surface area contributed by atoms with Gasteiger partial charge in [-0.15, -0.1) is 0 Å². The molecule has 0 saturated heterocycles. The van der Waals surface area contributed by atoms with Gasteiger partial charge in [0.2, 0.25) is 0 Å². The van der Waals surface area contributed by atoms with Crippen molar-refractivity contribution in [2.45, 2.75) is 81.1 Å². The molecule has 0 aliphatic heterocycles. The normalized spacial score (nSPS) is 19.8. The second kappa shape index (κ2) is 7.36. The monoisotopic (exact) mass is 252 g/mol. The molecular weight excluding hydrogens is 216 g/mol. The third kappa shape index (κ3) is 4.44. The third-order valence-electron chi connectivity index (χ3n) is 5.73. The van der Waals surface area contributed by atoms with Gasteiger partial charge in [-0.2, -0.15) is 0 Å². The van der Waals surface area contributed by atoms with Crippen molar-refractivity contribution in [3.05, 3.63) is 12.2 Å². The van der Waals surface area contributed by atoms with Crippen LogP contribution in [0.15, 0.2) is 12.2 Å². The Bertz CT molecular complexity index is 247. The molecule has 0 aromatic heterocycles. The van der Waals surface area contributed by atoms with E-state index in [9.17, 15) is 0 Å². The average Bonchev–Trinajstić information content (AvgIpc) is 2.37. The van der Waals surface area contributed by atoms with Crippen molar-refractivity contribution >= 4 is 0 Å². The molecule has 3 unspecified atom stereocenters. The molecular formula is C18H36. The van der Waals surface area contributed by atoms with Crippen LogP contribution in [0.5, 0.6) is 0 Å². The van der Waals surface area contributed by atoms with E-state index in [4.69, 9.17) is 0 Å². The van der Waals surface area contributed by atoms with Crippen LogP contribution in [0, 0.1) is 22.7 Å². The maximum atomic E-state index is 2.47. The summed E-state index contributed by atoms with van der Waals surface area (Å²) >= 11 is 0. The van der Waals surface area contributed by atoms with E-state index in [-0.39, 0.29) is 0 Å². The summed E-state index contributed by atoms with van der Waals surface area (Å²) in [7, 11) is 0. The van der Waals surface area contributed by atoms with Gasteiger partial charge in [-0.3, -0.25) is 0 Å². The van der Waals surface area contributed by atoms with Gasteiger partial charge >= 0.3 is 0 Å². The molecule has 0 heterocycles. The van der Waals surface area contributed by atoms with E-state index in [1.54, 1.807) is 0 Å². The lowest BCUT2D eigenvalue weighted by molar-refractivity contribution is 0.105. The van der Waals surface area contributed by atoms with Crippen molar-refractivity contribution in [2.24, 2.45) is 22.7 Å². The molecule has 18 heavy (non-hydrogen) atoms. The Labute approximate surface area is 116 Å². The lowest BCUT2D eigenvalue weighted by Crippen LogP contribution is -2.31. The fraction of sp³-hybridized carbons (Fsp3) is 0.889. The molecule has 108 valence electrons. The molecule has 0 aromatic carbocycles. The Morgan fingerprint density at radius 1 is 0.944 bits per heavy atom. The zero-order valence-electron chi connectivity index (χ0n) is 14.1. The van der Waals surface area contributed by atoms with Crippen molar-refractivity contribution in [1.29, 1.82) is 0 Å². The van der Waals surface area contributed by atoms with Crippen LogP contribution in [-0.2, 0) is 0 Å². The largest absolute Gasteiger partial charge is 0.0911 e. The quantitative estimate of drug-likeness (QED) is 0.434. The van der Waals surface area contributed by atoms with Gasteiger partial charge in [0.1, 0.15) is 0 Å². The first-order valence-electron chi connectivity index (χ1n) is 7.92. The molecule has 0 rings (SSSR count). The summed E-state index contributed by atoms with van der Waals surface area (Å²) in [6.07, 6.45) is 9.77. The van der Waals surface area contributed by atoms with E-state index in [0.29, 0.717) is 10.8 Å². The van der Waals surface area contributed by atoms with Crippen LogP contribution >= 0.6 is 0 Å². The Morgan fingerprint density at radius 3 is 1.78 bits per heavy atom. The van der Waals surface area contributed by atoms with Crippen molar-refractivity contribution in [1.82, 2.24) is 0 Å². The van der Waals surface area contributed by atoms with Gasteiger partial charge in [0, 0.05) is 0 Å². The van der Waals surface area contributed by atoms with Gasteiger partial charge in [0.05, 0.1) is 0 Å². The Morgan fingerprint density at radius 2 is 1.44 bits per heavy atom. The minimum absolute atomic E-state index is 0.380.